The minimum atomic E-state index is -1.18. The van der Waals surface area contributed by atoms with Crippen LogP contribution in [0.25, 0.3) is 0 Å². The highest BCUT2D eigenvalue weighted by molar-refractivity contribution is 6.04. The number of carbonyl (C=O) groups excluding carboxylic acids is 2. The van der Waals surface area contributed by atoms with Crippen LogP contribution in [0, 0.1) is 11.2 Å². The fourth-order valence-electron chi connectivity index (χ4n) is 3.55. The molecule has 2 aromatic carbocycles. The second-order valence-electron chi connectivity index (χ2n) is 7.96. The van der Waals surface area contributed by atoms with Crippen molar-refractivity contribution in [3.8, 4) is 0 Å². The van der Waals surface area contributed by atoms with Crippen molar-refractivity contribution in [2.75, 3.05) is 31.1 Å². The summed E-state index contributed by atoms with van der Waals surface area (Å²) in [6, 6.07) is 16.1. The smallest absolute Gasteiger partial charge is 0.237 e. The summed E-state index contributed by atoms with van der Waals surface area (Å²) in [5, 5.41) is 2.95. The Hall–Kier alpha value is -2.89. The number of hydrogen-bond donors (Lipinski definition) is 1. The lowest BCUT2D eigenvalue weighted by Crippen LogP contribution is -2.55. The third kappa shape index (κ3) is 4.58. The van der Waals surface area contributed by atoms with Crippen molar-refractivity contribution in [2.24, 2.45) is 5.41 Å². The van der Waals surface area contributed by atoms with E-state index >= 15 is 0 Å². The molecule has 0 aromatic heterocycles. The van der Waals surface area contributed by atoms with Crippen LogP contribution in [0.3, 0.4) is 0 Å². The van der Waals surface area contributed by atoms with Crippen LogP contribution in [-0.2, 0) is 9.59 Å². The van der Waals surface area contributed by atoms with Crippen LogP contribution >= 0.6 is 0 Å². The summed E-state index contributed by atoms with van der Waals surface area (Å²) in [6.45, 7) is 7.20. The van der Waals surface area contributed by atoms with Crippen LogP contribution in [0.5, 0.6) is 0 Å². The van der Waals surface area contributed by atoms with E-state index in [1.54, 1.807) is 36.9 Å². The van der Waals surface area contributed by atoms with E-state index in [4.69, 9.17) is 0 Å². The molecule has 0 bridgehead atoms. The maximum atomic E-state index is 14.0. The molecule has 0 spiro atoms. The van der Waals surface area contributed by atoms with E-state index in [0.717, 1.165) is 5.56 Å². The number of nitrogens with zero attached hydrogens (tertiary/aromatic N) is 2. The van der Waals surface area contributed by atoms with Gasteiger partial charge < -0.3 is 15.1 Å². The first-order chi connectivity index (χ1) is 13.8. The molecule has 154 valence electrons. The Labute approximate surface area is 171 Å². The summed E-state index contributed by atoms with van der Waals surface area (Å²) in [5.74, 6) is -0.763. The standard InChI is InChI=1S/C23H28FN3O2/c1-17(18-9-5-4-6-10-18)25-21(28)23(2,3)22(29)27-15-13-26(14-16-27)20-12-8-7-11-19(20)24/h4-12,17H,13-16H2,1-3H3,(H,25,28). The molecule has 1 atom stereocenters. The van der Waals surface area contributed by atoms with Crippen LogP contribution < -0.4 is 10.2 Å². The number of anilines is 1. The fraction of sp³-hybridized carbons (Fsp3) is 0.391. The molecule has 29 heavy (non-hydrogen) atoms. The highest BCUT2D eigenvalue weighted by atomic mass is 19.1. The third-order valence-corrected chi connectivity index (χ3v) is 5.51. The van der Waals surface area contributed by atoms with Gasteiger partial charge in [0.25, 0.3) is 0 Å². The maximum absolute atomic E-state index is 14.0. The summed E-state index contributed by atoms with van der Waals surface area (Å²) in [7, 11) is 0. The van der Waals surface area contributed by atoms with Gasteiger partial charge in [-0.25, -0.2) is 4.39 Å². The van der Waals surface area contributed by atoms with Crippen LogP contribution in [0.15, 0.2) is 54.6 Å². The SMILES string of the molecule is CC(NC(=O)C(C)(C)C(=O)N1CCN(c2ccccc2F)CC1)c1ccccc1. The summed E-state index contributed by atoms with van der Waals surface area (Å²) in [5.41, 5.74) is 0.360. The molecule has 1 unspecified atom stereocenters. The van der Waals surface area contributed by atoms with Gasteiger partial charge in [0.2, 0.25) is 11.8 Å². The molecule has 1 N–H and O–H groups in total. The molecule has 3 rings (SSSR count). The molecule has 0 aliphatic carbocycles. The van der Waals surface area contributed by atoms with Crippen molar-refractivity contribution >= 4 is 17.5 Å². The van der Waals surface area contributed by atoms with Crippen LogP contribution in [0.1, 0.15) is 32.4 Å². The van der Waals surface area contributed by atoms with Crippen molar-refractivity contribution < 1.29 is 14.0 Å². The van der Waals surface area contributed by atoms with E-state index in [1.165, 1.54) is 6.07 Å². The van der Waals surface area contributed by atoms with Gasteiger partial charge in [-0.2, -0.15) is 0 Å². The van der Waals surface area contributed by atoms with Gasteiger partial charge in [-0.15, -0.1) is 0 Å². The van der Waals surface area contributed by atoms with E-state index < -0.39 is 5.41 Å². The minimum Gasteiger partial charge on any atom is -0.366 e. The molecular weight excluding hydrogens is 369 g/mol. The molecule has 5 nitrogen and oxygen atoms in total. The first-order valence-corrected chi connectivity index (χ1v) is 9.95. The number of carbonyl (C=O) groups is 2. The Morgan fingerprint density at radius 2 is 1.55 bits per heavy atom. The second-order valence-corrected chi connectivity index (χ2v) is 7.96. The monoisotopic (exact) mass is 397 g/mol. The van der Waals surface area contributed by atoms with Crippen LogP contribution in [0.4, 0.5) is 10.1 Å². The Bertz CT molecular complexity index is 861. The first kappa shape index (κ1) is 20.8. The zero-order chi connectivity index (χ0) is 21.0. The van der Waals surface area contributed by atoms with Gasteiger partial charge in [0, 0.05) is 26.2 Å². The molecular formula is C23H28FN3O2. The van der Waals surface area contributed by atoms with Crippen LogP contribution in [-0.4, -0.2) is 42.9 Å². The van der Waals surface area contributed by atoms with Gasteiger partial charge in [0.15, 0.2) is 0 Å². The van der Waals surface area contributed by atoms with Gasteiger partial charge in [-0.3, -0.25) is 9.59 Å². The average molecular weight is 397 g/mol. The number of para-hydroxylation sites is 1. The molecule has 1 aliphatic rings. The fourth-order valence-corrected chi connectivity index (χ4v) is 3.55. The van der Waals surface area contributed by atoms with E-state index in [0.29, 0.717) is 31.9 Å². The predicted molar refractivity (Wildman–Crippen MR) is 112 cm³/mol. The number of halogens is 1. The van der Waals surface area contributed by atoms with Crippen molar-refractivity contribution in [3.05, 3.63) is 66.0 Å². The summed E-state index contributed by atoms with van der Waals surface area (Å²) in [6.07, 6.45) is 0. The molecule has 1 fully saturated rings. The average Bonchev–Trinajstić information content (AvgIpc) is 2.74. The van der Waals surface area contributed by atoms with Crippen molar-refractivity contribution in [3.63, 3.8) is 0 Å². The molecule has 1 heterocycles. The van der Waals surface area contributed by atoms with Crippen molar-refractivity contribution in [2.45, 2.75) is 26.8 Å². The van der Waals surface area contributed by atoms with Gasteiger partial charge in [-0.05, 0) is 38.5 Å². The van der Waals surface area contributed by atoms with E-state index in [2.05, 4.69) is 5.32 Å². The number of nitrogens with one attached hydrogen (secondary N) is 1. The Balaban J connectivity index is 1.60. The Morgan fingerprint density at radius 3 is 2.17 bits per heavy atom. The zero-order valence-corrected chi connectivity index (χ0v) is 17.2. The molecule has 2 amide bonds. The minimum absolute atomic E-state index is 0.186. The topological polar surface area (TPSA) is 52.7 Å². The number of rotatable bonds is 5. The first-order valence-electron chi connectivity index (χ1n) is 9.95. The molecule has 2 aromatic rings. The Morgan fingerprint density at radius 1 is 0.966 bits per heavy atom. The van der Waals surface area contributed by atoms with E-state index in [1.807, 2.05) is 42.2 Å². The normalized spacial score (nSPS) is 15.7. The van der Waals surface area contributed by atoms with E-state index in [-0.39, 0.29) is 23.7 Å². The summed E-state index contributed by atoms with van der Waals surface area (Å²) < 4.78 is 14.0. The van der Waals surface area contributed by atoms with Crippen molar-refractivity contribution in [1.29, 1.82) is 0 Å². The lowest BCUT2D eigenvalue weighted by Gasteiger charge is -2.39. The largest absolute Gasteiger partial charge is 0.366 e. The summed E-state index contributed by atoms with van der Waals surface area (Å²) >= 11 is 0. The number of piperazine rings is 1. The predicted octanol–water partition coefficient (Wildman–Crippen LogP) is 3.38. The molecule has 6 heteroatoms. The maximum Gasteiger partial charge on any atom is 0.237 e. The number of hydrogen-bond acceptors (Lipinski definition) is 3. The molecule has 0 saturated carbocycles. The summed E-state index contributed by atoms with van der Waals surface area (Å²) in [4.78, 5) is 29.5. The zero-order valence-electron chi connectivity index (χ0n) is 17.2. The Kier molecular flexibility index (Phi) is 6.20. The highest BCUT2D eigenvalue weighted by Gasteiger charge is 2.40. The van der Waals surface area contributed by atoms with Gasteiger partial charge in [0.05, 0.1) is 11.7 Å². The van der Waals surface area contributed by atoms with Gasteiger partial charge >= 0.3 is 0 Å². The van der Waals surface area contributed by atoms with E-state index in [9.17, 15) is 14.0 Å². The van der Waals surface area contributed by atoms with Crippen LogP contribution in [0.2, 0.25) is 0 Å². The van der Waals surface area contributed by atoms with Crippen molar-refractivity contribution in [1.82, 2.24) is 10.2 Å². The van der Waals surface area contributed by atoms with Gasteiger partial charge in [-0.1, -0.05) is 42.5 Å². The lowest BCUT2D eigenvalue weighted by molar-refractivity contribution is -0.149. The number of amides is 2. The lowest BCUT2D eigenvalue weighted by atomic mass is 9.89. The van der Waals surface area contributed by atoms with Gasteiger partial charge in [0.1, 0.15) is 11.2 Å². The second kappa shape index (κ2) is 8.64. The molecule has 1 aliphatic heterocycles. The highest BCUT2D eigenvalue weighted by Crippen LogP contribution is 2.25. The third-order valence-electron chi connectivity index (χ3n) is 5.51. The number of benzene rings is 2. The molecule has 1 saturated heterocycles. The quantitative estimate of drug-likeness (QED) is 0.787. The molecule has 0 radical (unpaired) electrons.